The second-order valence-electron chi connectivity index (χ2n) is 5.51. The second kappa shape index (κ2) is 4.34. The maximum absolute atomic E-state index is 12.7. The van der Waals surface area contributed by atoms with E-state index >= 15 is 0 Å². The lowest BCUT2D eigenvalue weighted by Crippen LogP contribution is -2.36. The molecule has 2 heterocycles. The van der Waals surface area contributed by atoms with E-state index in [0.29, 0.717) is 5.91 Å². The Kier molecular flexibility index (Phi) is 2.80. The van der Waals surface area contributed by atoms with E-state index in [4.69, 9.17) is 0 Å². The van der Waals surface area contributed by atoms with Crippen LogP contribution in [0.4, 0.5) is 5.82 Å². The Bertz CT molecular complexity index is 466. The Morgan fingerprint density at radius 1 is 1.22 bits per heavy atom. The minimum absolute atomic E-state index is 0.0723. The second-order valence-corrected chi connectivity index (χ2v) is 5.51. The molecule has 0 N–H and O–H groups in total. The summed E-state index contributed by atoms with van der Waals surface area (Å²) in [4.78, 5) is 23.0. The fourth-order valence-corrected chi connectivity index (χ4v) is 3.33. The highest BCUT2D eigenvalue weighted by Crippen LogP contribution is 2.45. The summed E-state index contributed by atoms with van der Waals surface area (Å²) in [7, 11) is 0. The van der Waals surface area contributed by atoms with Gasteiger partial charge in [-0.25, -0.2) is 9.97 Å². The van der Waals surface area contributed by atoms with Crippen LogP contribution >= 0.6 is 0 Å². The molecule has 1 spiro atoms. The van der Waals surface area contributed by atoms with Crippen LogP contribution in [-0.2, 0) is 4.79 Å². The van der Waals surface area contributed by atoms with Gasteiger partial charge in [0.15, 0.2) is 0 Å². The first kappa shape index (κ1) is 11.6. The number of hydrogen-bond donors (Lipinski definition) is 0. The van der Waals surface area contributed by atoms with Crippen molar-refractivity contribution in [2.24, 2.45) is 5.41 Å². The molecule has 0 aromatic carbocycles. The highest BCUT2D eigenvalue weighted by atomic mass is 16.2. The van der Waals surface area contributed by atoms with Crippen LogP contribution in [0.25, 0.3) is 0 Å². The number of aromatic nitrogens is 2. The Morgan fingerprint density at radius 2 is 2.00 bits per heavy atom. The van der Waals surface area contributed by atoms with Crippen molar-refractivity contribution in [1.82, 2.24) is 9.97 Å². The molecule has 1 saturated heterocycles. The monoisotopic (exact) mass is 245 g/mol. The smallest absolute Gasteiger partial charge is 0.234 e. The normalized spacial score (nSPS) is 22.7. The maximum Gasteiger partial charge on any atom is 0.234 e. The topological polar surface area (TPSA) is 46.1 Å². The molecular formula is C14H19N3O. The van der Waals surface area contributed by atoms with Crippen molar-refractivity contribution in [2.75, 3.05) is 11.4 Å². The third-order valence-corrected chi connectivity index (χ3v) is 4.36. The molecule has 1 aromatic heterocycles. The average Bonchev–Trinajstić information content (AvgIpc) is 2.68. The summed E-state index contributed by atoms with van der Waals surface area (Å²) in [5, 5.41) is 0. The number of carbonyl (C=O) groups excluding carboxylic acids is 1. The summed E-state index contributed by atoms with van der Waals surface area (Å²) in [6.45, 7) is 2.68. The van der Waals surface area contributed by atoms with Crippen LogP contribution in [-0.4, -0.2) is 22.4 Å². The van der Waals surface area contributed by atoms with Crippen LogP contribution in [0.1, 0.15) is 44.3 Å². The van der Waals surface area contributed by atoms with E-state index in [1.54, 1.807) is 6.20 Å². The first-order chi connectivity index (χ1) is 8.71. The number of rotatable bonds is 1. The van der Waals surface area contributed by atoms with Gasteiger partial charge in [-0.05, 0) is 32.3 Å². The first-order valence-corrected chi connectivity index (χ1v) is 6.83. The van der Waals surface area contributed by atoms with Gasteiger partial charge in [-0.1, -0.05) is 19.3 Å². The highest BCUT2D eigenvalue weighted by Gasteiger charge is 2.47. The van der Waals surface area contributed by atoms with E-state index in [1.807, 2.05) is 17.9 Å². The lowest BCUT2D eigenvalue weighted by molar-refractivity contribution is -0.127. The van der Waals surface area contributed by atoms with Crippen LogP contribution in [0, 0.1) is 12.3 Å². The van der Waals surface area contributed by atoms with Crippen molar-refractivity contribution in [3.63, 3.8) is 0 Å². The van der Waals surface area contributed by atoms with E-state index in [-0.39, 0.29) is 5.41 Å². The van der Waals surface area contributed by atoms with Crippen LogP contribution in [0.15, 0.2) is 12.3 Å². The number of hydrogen-bond acceptors (Lipinski definition) is 3. The summed E-state index contributed by atoms with van der Waals surface area (Å²) >= 11 is 0. The SMILES string of the molecule is Cc1nccc(N2CCC3(CCCCC3)C2=O)n1. The summed E-state index contributed by atoms with van der Waals surface area (Å²) in [5.41, 5.74) is -0.0723. The zero-order chi connectivity index (χ0) is 12.6. The number of amides is 1. The van der Waals surface area contributed by atoms with Crippen LogP contribution in [0.2, 0.25) is 0 Å². The molecule has 1 aromatic rings. The Balaban J connectivity index is 1.86. The van der Waals surface area contributed by atoms with E-state index in [1.165, 1.54) is 19.3 Å². The molecule has 1 saturated carbocycles. The van der Waals surface area contributed by atoms with E-state index < -0.39 is 0 Å². The zero-order valence-corrected chi connectivity index (χ0v) is 10.9. The summed E-state index contributed by atoms with van der Waals surface area (Å²) in [6.07, 6.45) is 8.52. The largest absolute Gasteiger partial charge is 0.296 e. The fraction of sp³-hybridized carbons (Fsp3) is 0.643. The van der Waals surface area contributed by atoms with Gasteiger partial charge < -0.3 is 0 Å². The van der Waals surface area contributed by atoms with Gasteiger partial charge in [-0.15, -0.1) is 0 Å². The number of carbonyl (C=O) groups is 1. The van der Waals surface area contributed by atoms with Gasteiger partial charge in [0.2, 0.25) is 5.91 Å². The third-order valence-electron chi connectivity index (χ3n) is 4.36. The van der Waals surface area contributed by atoms with E-state index in [2.05, 4.69) is 9.97 Å². The van der Waals surface area contributed by atoms with Crippen molar-refractivity contribution in [3.05, 3.63) is 18.1 Å². The molecule has 0 radical (unpaired) electrons. The predicted molar refractivity (Wildman–Crippen MR) is 69.3 cm³/mol. The van der Waals surface area contributed by atoms with E-state index in [0.717, 1.165) is 37.4 Å². The number of aryl methyl sites for hydroxylation is 1. The lowest BCUT2D eigenvalue weighted by atomic mass is 9.73. The third kappa shape index (κ3) is 1.80. The van der Waals surface area contributed by atoms with Crippen molar-refractivity contribution in [1.29, 1.82) is 0 Å². The molecule has 0 unspecified atom stereocenters. The molecule has 2 fully saturated rings. The van der Waals surface area contributed by atoms with Gasteiger partial charge in [0, 0.05) is 12.7 Å². The van der Waals surface area contributed by atoms with Gasteiger partial charge in [-0.2, -0.15) is 0 Å². The minimum atomic E-state index is -0.0723. The Labute approximate surface area is 107 Å². The molecule has 2 aliphatic rings. The molecule has 0 atom stereocenters. The van der Waals surface area contributed by atoms with Gasteiger partial charge >= 0.3 is 0 Å². The summed E-state index contributed by atoms with van der Waals surface area (Å²) in [6, 6.07) is 1.84. The van der Waals surface area contributed by atoms with Gasteiger partial charge in [0.1, 0.15) is 11.6 Å². The standard InChI is InChI=1S/C14H19N3O/c1-11-15-9-5-12(16-11)17-10-8-14(13(17)18)6-3-2-4-7-14/h5,9H,2-4,6-8,10H2,1H3. The van der Waals surface area contributed by atoms with Gasteiger partial charge in [0.25, 0.3) is 0 Å². The molecule has 3 rings (SSSR count). The molecule has 96 valence electrons. The van der Waals surface area contributed by atoms with Crippen LogP contribution < -0.4 is 4.90 Å². The summed E-state index contributed by atoms with van der Waals surface area (Å²) < 4.78 is 0. The van der Waals surface area contributed by atoms with Crippen molar-refractivity contribution in [2.45, 2.75) is 45.4 Å². The van der Waals surface area contributed by atoms with Gasteiger partial charge in [-0.3, -0.25) is 9.69 Å². The molecule has 0 bridgehead atoms. The molecule has 1 aliphatic heterocycles. The summed E-state index contributed by atoms with van der Waals surface area (Å²) in [5.74, 6) is 1.79. The van der Waals surface area contributed by atoms with Crippen molar-refractivity contribution < 1.29 is 4.79 Å². The molecular weight excluding hydrogens is 226 g/mol. The minimum Gasteiger partial charge on any atom is -0.296 e. The molecule has 4 heteroatoms. The number of anilines is 1. The fourth-order valence-electron chi connectivity index (χ4n) is 3.33. The van der Waals surface area contributed by atoms with E-state index in [9.17, 15) is 4.79 Å². The van der Waals surface area contributed by atoms with Crippen molar-refractivity contribution >= 4 is 11.7 Å². The Morgan fingerprint density at radius 3 is 2.72 bits per heavy atom. The molecule has 1 amide bonds. The van der Waals surface area contributed by atoms with Crippen LogP contribution in [0.3, 0.4) is 0 Å². The zero-order valence-electron chi connectivity index (χ0n) is 10.9. The first-order valence-electron chi connectivity index (χ1n) is 6.83. The van der Waals surface area contributed by atoms with Gasteiger partial charge in [0.05, 0.1) is 5.41 Å². The quantitative estimate of drug-likeness (QED) is 0.763. The number of nitrogens with zero attached hydrogens (tertiary/aromatic N) is 3. The molecule has 4 nitrogen and oxygen atoms in total. The molecule has 18 heavy (non-hydrogen) atoms. The maximum atomic E-state index is 12.7. The highest BCUT2D eigenvalue weighted by molar-refractivity contribution is 5.99. The Hall–Kier alpha value is -1.45. The predicted octanol–water partition coefficient (Wildman–Crippen LogP) is 2.47. The average molecular weight is 245 g/mol. The van der Waals surface area contributed by atoms with Crippen LogP contribution in [0.5, 0.6) is 0 Å². The lowest BCUT2D eigenvalue weighted by Gasteiger charge is -2.31. The molecule has 1 aliphatic carbocycles. The van der Waals surface area contributed by atoms with Crippen molar-refractivity contribution in [3.8, 4) is 0 Å².